The summed E-state index contributed by atoms with van der Waals surface area (Å²) < 4.78 is 0. The molecule has 0 amide bonds. The Balaban J connectivity index is 3.80. The fraction of sp³-hybridized carbons (Fsp3) is 0.750. The van der Waals surface area contributed by atoms with Crippen molar-refractivity contribution < 1.29 is 4.79 Å². The lowest BCUT2D eigenvalue weighted by atomic mass is 10.1. The zero-order valence-corrected chi connectivity index (χ0v) is 10.4. The van der Waals surface area contributed by atoms with E-state index in [-0.39, 0.29) is 11.8 Å². The maximum absolute atomic E-state index is 11.1. The standard InChI is InChI=1S/C12H24N2O/c1-5-14(6-2)10-8-7-9-12(13-4)11(3)15/h8,10,12-13H,5-7,9H2,1-4H3/b10-8+. The summed E-state index contributed by atoms with van der Waals surface area (Å²) in [6, 6.07) is 0.00588. The Labute approximate surface area is 93.5 Å². The summed E-state index contributed by atoms with van der Waals surface area (Å²) in [5, 5.41) is 3.02. The molecule has 0 aromatic rings. The lowest BCUT2D eigenvalue weighted by molar-refractivity contribution is -0.118. The third kappa shape index (κ3) is 6.28. The fourth-order valence-corrected chi connectivity index (χ4v) is 1.47. The van der Waals surface area contributed by atoms with Crippen LogP contribution in [0, 0.1) is 0 Å². The summed E-state index contributed by atoms with van der Waals surface area (Å²) in [6.45, 7) is 7.99. The second kappa shape index (κ2) is 8.48. The number of nitrogens with zero attached hydrogens (tertiary/aromatic N) is 1. The van der Waals surface area contributed by atoms with Gasteiger partial charge in [-0.1, -0.05) is 6.08 Å². The predicted molar refractivity (Wildman–Crippen MR) is 64.8 cm³/mol. The molecule has 0 spiro atoms. The molecular formula is C12H24N2O. The van der Waals surface area contributed by atoms with Crippen LogP contribution in [0.15, 0.2) is 12.3 Å². The predicted octanol–water partition coefficient (Wildman–Crippen LogP) is 1.80. The Kier molecular flexibility index (Phi) is 8.01. The molecule has 0 aromatic carbocycles. The molecule has 1 N–H and O–H groups in total. The molecule has 0 saturated carbocycles. The number of carbonyl (C=O) groups is 1. The molecule has 0 aliphatic carbocycles. The topological polar surface area (TPSA) is 32.3 Å². The number of carbonyl (C=O) groups excluding carboxylic acids is 1. The summed E-state index contributed by atoms with van der Waals surface area (Å²) in [6.07, 6.45) is 6.08. The van der Waals surface area contributed by atoms with Crippen molar-refractivity contribution in [3.05, 3.63) is 12.3 Å². The minimum atomic E-state index is 0.00588. The van der Waals surface area contributed by atoms with Crippen molar-refractivity contribution in [1.82, 2.24) is 10.2 Å². The van der Waals surface area contributed by atoms with E-state index in [9.17, 15) is 4.79 Å². The van der Waals surface area contributed by atoms with Gasteiger partial charge in [-0.2, -0.15) is 0 Å². The van der Waals surface area contributed by atoms with Gasteiger partial charge < -0.3 is 10.2 Å². The number of hydrogen-bond acceptors (Lipinski definition) is 3. The van der Waals surface area contributed by atoms with Crippen molar-refractivity contribution in [2.45, 2.75) is 39.7 Å². The number of likely N-dealkylation sites (N-methyl/N-ethyl adjacent to an activating group) is 1. The van der Waals surface area contributed by atoms with Gasteiger partial charge in [-0.15, -0.1) is 0 Å². The van der Waals surface area contributed by atoms with Gasteiger partial charge in [0.25, 0.3) is 0 Å². The van der Waals surface area contributed by atoms with Gasteiger partial charge in [0.1, 0.15) is 5.78 Å². The fourth-order valence-electron chi connectivity index (χ4n) is 1.47. The van der Waals surface area contributed by atoms with E-state index in [0.717, 1.165) is 25.9 Å². The first kappa shape index (κ1) is 14.2. The molecule has 0 bridgehead atoms. The Hall–Kier alpha value is -0.830. The van der Waals surface area contributed by atoms with E-state index in [2.05, 4.69) is 36.3 Å². The van der Waals surface area contributed by atoms with E-state index in [1.807, 2.05) is 7.05 Å². The van der Waals surface area contributed by atoms with Crippen LogP contribution in [0.3, 0.4) is 0 Å². The number of rotatable bonds is 8. The molecule has 0 saturated heterocycles. The lowest BCUT2D eigenvalue weighted by Crippen LogP contribution is -2.31. The molecule has 0 aromatic heterocycles. The van der Waals surface area contributed by atoms with E-state index < -0.39 is 0 Å². The molecule has 1 unspecified atom stereocenters. The highest BCUT2D eigenvalue weighted by Crippen LogP contribution is 2.00. The number of allylic oxidation sites excluding steroid dienone is 1. The maximum atomic E-state index is 11.1. The van der Waals surface area contributed by atoms with E-state index in [1.54, 1.807) is 6.92 Å². The zero-order valence-electron chi connectivity index (χ0n) is 10.4. The van der Waals surface area contributed by atoms with Crippen LogP contribution >= 0.6 is 0 Å². The van der Waals surface area contributed by atoms with Crippen molar-refractivity contribution >= 4 is 5.78 Å². The highest BCUT2D eigenvalue weighted by molar-refractivity contribution is 5.81. The summed E-state index contributed by atoms with van der Waals surface area (Å²) >= 11 is 0. The summed E-state index contributed by atoms with van der Waals surface area (Å²) in [5.74, 6) is 0.216. The van der Waals surface area contributed by atoms with E-state index >= 15 is 0 Å². The van der Waals surface area contributed by atoms with Crippen molar-refractivity contribution in [3.8, 4) is 0 Å². The molecule has 0 fully saturated rings. The van der Waals surface area contributed by atoms with Crippen molar-refractivity contribution in [3.63, 3.8) is 0 Å². The molecule has 0 aliphatic heterocycles. The number of hydrogen-bond donors (Lipinski definition) is 1. The van der Waals surface area contributed by atoms with Crippen LogP contribution < -0.4 is 5.32 Å². The minimum Gasteiger partial charge on any atom is -0.378 e. The highest BCUT2D eigenvalue weighted by atomic mass is 16.1. The van der Waals surface area contributed by atoms with Gasteiger partial charge in [-0.25, -0.2) is 0 Å². The maximum Gasteiger partial charge on any atom is 0.146 e. The van der Waals surface area contributed by atoms with E-state index in [0.29, 0.717) is 0 Å². The third-order valence-corrected chi connectivity index (χ3v) is 2.59. The summed E-state index contributed by atoms with van der Waals surface area (Å²) in [4.78, 5) is 13.4. The molecule has 0 rings (SSSR count). The van der Waals surface area contributed by atoms with Crippen LogP contribution in [-0.4, -0.2) is 36.9 Å². The highest BCUT2D eigenvalue weighted by Gasteiger charge is 2.09. The van der Waals surface area contributed by atoms with Gasteiger partial charge in [-0.3, -0.25) is 4.79 Å². The quantitative estimate of drug-likeness (QED) is 0.666. The Morgan fingerprint density at radius 1 is 1.40 bits per heavy atom. The summed E-state index contributed by atoms with van der Waals surface area (Å²) in [7, 11) is 1.83. The van der Waals surface area contributed by atoms with Crippen LogP contribution in [-0.2, 0) is 4.79 Å². The minimum absolute atomic E-state index is 0.00588. The van der Waals surface area contributed by atoms with Gasteiger partial charge >= 0.3 is 0 Å². The van der Waals surface area contributed by atoms with Gasteiger partial charge in [0, 0.05) is 13.1 Å². The Bertz CT molecular complexity index is 198. The molecule has 0 aliphatic rings. The molecule has 0 radical (unpaired) electrons. The number of ketones is 1. The van der Waals surface area contributed by atoms with Crippen LogP contribution in [0.2, 0.25) is 0 Å². The zero-order chi connectivity index (χ0) is 11.7. The van der Waals surface area contributed by atoms with Crippen molar-refractivity contribution in [1.29, 1.82) is 0 Å². The molecule has 3 nitrogen and oxygen atoms in total. The molecule has 0 heterocycles. The van der Waals surface area contributed by atoms with E-state index in [1.165, 1.54) is 0 Å². The smallest absolute Gasteiger partial charge is 0.146 e. The average molecular weight is 212 g/mol. The van der Waals surface area contributed by atoms with Crippen LogP contribution in [0.1, 0.15) is 33.6 Å². The molecule has 15 heavy (non-hydrogen) atoms. The summed E-state index contributed by atoms with van der Waals surface area (Å²) in [5.41, 5.74) is 0. The van der Waals surface area contributed by atoms with Crippen molar-refractivity contribution in [2.24, 2.45) is 0 Å². The normalized spacial score (nSPS) is 13.1. The molecular weight excluding hydrogens is 188 g/mol. The number of Topliss-reactive ketones (excluding diaryl/α,β-unsaturated/α-hetero) is 1. The van der Waals surface area contributed by atoms with Crippen LogP contribution in [0.5, 0.6) is 0 Å². The van der Waals surface area contributed by atoms with Gasteiger partial charge in [0.05, 0.1) is 6.04 Å². The van der Waals surface area contributed by atoms with Crippen LogP contribution in [0.4, 0.5) is 0 Å². The SMILES string of the molecule is CCN(/C=C/CCC(NC)C(C)=O)CC. The van der Waals surface area contributed by atoms with Crippen molar-refractivity contribution in [2.75, 3.05) is 20.1 Å². The second-order valence-electron chi connectivity index (χ2n) is 3.64. The van der Waals surface area contributed by atoms with Crippen LogP contribution in [0.25, 0.3) is 0 Å². The van der Waals surface area contributed by atoms with Gasteiger partial charge in [0.2, 0.25) is 0 Å². The molecule has 1 atom stereocenters. The van der Waals surface area contributed by atoms with E-state index in [4.69, 9.17) is 0 Å². The number of nitrogens with one attached hydrogen (secondary N) is 1. The van der Waals surface area contributed by atoms with Gasteiger partial charge in [-0.05, 0) is 46.9 Å². The largest absolute Gasteiger partial charge is 0.378 e. The first-order chi connectivity index (χ1) is 7.15. The molecule has 88 valence electrons. The first-order valence-corrected chi connectivity index (χ1v) is 5.74. The van der Waals surface area contributed by atoms with Gasteiger partial charge in [0.15, 0.2) is 0 Å². The monoisotopic (exact) mass is 212 g/mol. The Morgan fingerprint density at radius 3 is 2.40 bits per heavy atom. The molecule has 3 heteroatoms. The first-order valence-electron chi connectivity index (χ1n) is 5.74. The average Bonchev–Trinajstić information content (AvgIpc) is 2.23. The third-order valence-electron chi connectivity index (χ3n) is 2.59. The lowest BCUT2D eigenvalue weighted by Gasteiger charge is -2.15. The second-order valence-corrected chi connectivity index (χ2v) is 3.64. The Morgan fingerprint density at radius 2 is 2.00 bits per heavy atom.